The molecule has 1 fully saturated rings. The first-order valence-electron chi connectivity index (χ1n) is 7.70. The topological polar surface area (TPSA) is 65.5 Å². The standard InChI is InChI=1S/C16H25N3O2/c1-4-6-17-15-8-11(2)18-9-14(15)16(21)19-7-5-13(10-19)12(3)20/h8-9,12-13,20H,4-7,10H2,1-3H3,(H,17,18). The SMILES string of the molecule is CCCNc1cc(C)ncc1C(=O)N1CCC(C(C)O)C1. The van der Waals surface area contributed by atoms with Crippen molar-refractivity contribution in [3.63, 3.8) is 0 Å². The number of anilines is 1. The first kappa shape index (κ1) is 15.8. The molecular formula is C16H25N3O2. The summed E-state index contributed by atoms with van der Waals surface area (Å²) in [4.78, 5) is 18.8. The summed E-state index contributed by atoms with van der Waals surface area (Å²) in [7, 11) is 0. The number of carbonyl (C=O) groups is 1. The second kappa shape index (κ2) is 6.89. The van der Waals surface area contributed by atoms with Gasteiger partial charge in [-0.25, -0.2) is 0 Å². The van der Waals surface area contributed by atoms with E-state index in [4.69, 9.17) is 0 Å². The van der Waals surface area contributed by atoms with E-state index in [2.05, 4.69) is 17.2 Å². The van der Waals surface area contributed by atoms with Gasteiger partial charge in [0.15, 0.2) is 0 Å². The second-order valence-corrected chi connectivity index (χ2v) is 5.84. The Balaban J connectivity index is 2.15. The van der Waals surface area contributed by atoms with E-state index in [1.54, 1.807) is 13.1 Å². The molecule has 0 saturated carbocycles. The quantitative estimate of drug-likeness (QED) is 0.871. The number of amides is 1. The molecule has 1 aromatic heterocycles. The highest BCUT2D eigenvalue weighted by Crippen LogP contribution is 2.24. The zero-order valence-corrected chi connectivity index (χ0v) is 13.1. The van der Waals surface area contributed by atoms with Gasteiger partial charge in [0.1, 0.15) is 0 Å². The molecule has 1 amide bonds. The molecule has 1 aromatic rings. The zero-order chi connectivity index (χ0) is 15.4. The zero-order valence-electron chi connectivity index (χ0n) is 13.1. The maximum Gasteiger partial charge on any atom is 0.257 e. The van der Waals surface area contributed by atoms with Gasteiger partial charge in [-0.1, -0.05) is 6.92 Å². The number of aliphatic hydroxyl groups is 1. The fourth-order valence-electron chi connectivity index (χ4n) is 2.67. The minimum Gasteiger partial charge on any atom is -0.393 e. The van der Waals surface area contributed by atoms with Crippen LogP contribution in [0.1, 0.15) is 42.7 Å². The van der Waals surface area contributed by atoms with Crippen molar-refractivity contribution in [1.82, 2.24) is 9.88 Å². The fourth-order valence-corrected chi connectivity index (χ4v) is 2.67. The predicted octanol–water partition coefficient (Wildman–Crippen LogP) is 2.05. The molecule has 1 saturated heterocycles. The van der Waals surface area contributed by atoms with E-state index in [0.29, 0.717) is 18.7 Å². The average molecular weight is 291 g/mol. The van der Waals surface area contributed by atoms with Gasteiger partial charge in [0.05, 0.1) is 17.4 Å². The molecule has 116 valence electrons. The normalized spacial score (nSPS) is 19.6. The third kappa shape index (κ3) is 3.73. The van der Waals surface area contributed by atoms with Crippen LogP contribution in [-0.4, -0.2) is 46.6 Å². The van der Waals surface area contributed by atoms with Gasteiger partial charge < -0.3 is 15.3 Å². The summed E-state index contributed by atoms with van der Waals surface area (Å²) in [5.74, 6) is 0.184. The van der Waals surface area contributed by atoms with Gasteiger partial charge >= 0.3 is 0 Å². The van der Waals surface area contributed by atoms with Crippen LogP contribution in [0.15, 0.2) is 12.3 Å². The van der Waals surface area contributed by atoms with Gasteiger partial charge in [-0.05, 0) is 32.8 Å². The summed E-state index contributed by atoms with van der Waals surface area (Å²) in [6.07, 6.45) is 3.16. The van der Waals surface area contributed by atoms with E-state index in [0.717, 1.165) is 30.8 Å². The summed E-state index contributed by atoms with van der Waals surface area (Å²) in [5.41, 5.74) is 2.38. The third-order valence-corrected chi connectivity index (χ3v) is 4.03. The molecule has 0 aromatic carbocycles. The maximum absolute atomic E-state index is 12.7. The molecule has 1 aliphatic heterocycles. The monoisotopic (exact) mass is 291 g/mol. The Hall–Kier alpha value is -1.62. The number of aliphatic hydroxyl groups excluding tert-OH is 1. The third-order valence-electron chi connectivity index (χ3n) is 4.03. The van der Waals surface area contributed by atoms with E-state index in [-0.39, 0.29) is 17.9 Å². The van der Waals surface area contributed by atoms with Gasteiger partial charge in [0.2, 0.25) is 0 Å². The summed E-state index contributed by atoms with van der Waals surface area (Å²) in [6.45, 7) is 7.97. The van der Waals surface area contributed by atoms with E-state index in [9.17, 15) is 9.90 Å². The van der Waals surface area contributed by atoms with Crippen molar-refractivity contribution in [2.45, 2.75) is 39.7 Å². The molecule has 0 bridgehead atoms. The Morgan fingerprint density at radius 1 is 1.62 bits per heavy atom. The Labute approximate surface area is 126 Å². The number of pyridine rings is 1. The Bertz CT molecular complexity index is 502. The van der Waals surface area contributed by atoms with Gasteiger partial charge in [-0.15, -0.1) is 0 Å². The molecule has 1 aliphatic rings. The molecule has 2 atom stereocenters. The van der Waals surface area contributed by atoms with Crippen molar-refractivity contribution >= 4 is 11.6 Å². The first-order valence-corrected chi connectivity index (χ1v) is 7.70. The number of nitrogens with zero attached hydrogens (tertiary/aromatic N) is 2. The number of likely N-dealkylation sites (tertiary alicyclic amines) is 1. The number of carbonyl (C=O) groups excluding carboxylic acids is 1. The highest BCUT2D eigenvalue weighted by molar-refractivity contribution is 5.99. The van der Waals surface area contributed by atoms with Crippen LogP contribution in [0.3, 0.4) is 0 Å². The molecule has 2 rings (SSSR count). The van der Waals surface area contributed by atoms with Gasteiger partial charge in [-0.3, -0.25) is 9.78 Å². The van der Waals surface area contributed by atoms with Crippen LogP contribution in [0.25, 0.3) is 0 Å². The molecule has 2 heterocycles. The lowest BCUT2D eigenvalue weighted by Gasteiger charge is -2.20. The Morgan fingerprint density at radius 3 is 3.00 bits per heavy atom. The number of rotatable bonds is 5. The summed E-state index contributed by atoms with van der Waals surface area (Å²) >= 11 is 0. The fraction of sp³-hybridized carbons (Fsp3) is 0.625. The number of hydrogen-bond acceptors (Lipinski definition) is 4. The number of aryl methyl sites for hydroxylation is 1. The lowest BCUT2D eigenvalue weighted by atomic mass is 10.0. The van der Waals surface area contributed by atoms with E-state index >= 15 is 0 Å². The molecule has 21 heavy (non-hydrogen) atoms. The van der Waals surface area contributed by atoms with Crippen LogP contribution in [0.5, 0.6) is 0 Å². The van der Waals surface area contributed by atoms with E-state index in [1.807, 2.05) is 17.9 Å². The van der Waals surface area contributed by atoms with E-state index < -0.39 is 0 Å². The minimum absolute atomic E-state index is 0.00394. The largest absolute Gasteiger partial charge is 0.393 e. The number of nitrogens with one attached hydrogen (secondary N) is 1. The van der Waals surface area contributed by atoms with Gasteiger partial charge in [0.25, 0.3) is 5.91 Å². The molecule has 5 heteroatoms. The summed E-state index contributed by atoms with van der Waals surface area (Å²) in [6, 6.07) is 1.92. The van der Waals surface area contributed by atoms with Crippen molar-refractivity contribution in [1.29, 1.82) is 0 Å². The van der Waals surface area contributed by atoms with Crippen LogP contribution in [0.4, 0.5) is 5.69 Å². The second-order valence-electron chi connectivity index (χ2n) is 5.84. The highest BCUT2D eigenvalue weighted by Gasteiger charge is 2.30. The van der Waals surface area contributed by atoms with Crippen molar-refractivity contribution in [2.24, 2.45) is 5.92 Å². The van der Waals surface area contributed by atoms with Crippen LogP contribution >= 0.6 is 0 Å². The number of aromatic nitrogens is 1. The van der Waals surface area contributed by atoms with Crippen LogP contribution in [0, 0.1) is 12.8 Å². The lowest BCUT2D eigenvalue weighted by molar-refractivity contribution is 0.0763. The predicted molar refractivity (Wildman–Crippen MR) is 83.4 cm³/mol. The van der Waals surface area contributed by atoms with Crippen molar-refractivity contribution in [3.05, 3.63) is 23.5 Å². The minimum atomic E-state index is -0.364. The lowest BCUT2D eigenvalue weighted by Crippen LogP contribution is -2.31. The first-order chi connectivity index (χ1) is 10.0. The maximum atomic E-state index is 12.7. The van der Waals surface area contributed by atoms with Crippen molar-refractivity contribution in [3.8, 4) is 0 Å². The number of hydrogen-bond donors (Lipinski definition) is 2. The van der Waals surface area contributed by atoms with Crippen molar-refractivity contribution in [2.75, 3.05) is 25.0 Å². The summed E-state index contributed by atoms with van der Waals surface area (Å²) < 4.78 is 0. The molecule has 5 nitrogen and oxygen atoms in total. The van der Waals surface area contributed by atoms with E-state index in [1.165, 1.54) is 0 Å². The Kier molecular flexibility index (Phi) is 5.17. The molecule has 0 spiro atoms. The molecule has 2 unspecified atom stereocenters. The van der Waals surface area contributed by atoms with Crippen molar-refractivity contribution < 1.29 is 9.90 Å². The van der Waals surface area contributed by atoms with Crippen LogP contribution in [0.2, 0.25) is 0 Å². The van der Waals surface area contributed by atoms with Gasteiger partial charge in [0, 0.05) is 37.4 Å². The average Bonchev–Trinajstić information content (AvgIpc) is 2.94. The molecule has 0 radical (unpaired) electrons. The Morgan fingerprint density at radius 2 is 2.38 bits per heavy atom. The molecular weight excluding hydrogens is 266 g/mol. The molecule has 2 N–H and O–H groups in total. The van der Waals surface area contributed by atoms with Crippen LogP contribution < -0.4 is 5.32 Å². The molecule has 0 aliphatic carbocycles. The highest BCUT2D eigenvalue weighted by atomic mass is 16.3. The summed E-state index contributed by atoms with van der Waals surface area (Å²) in [5, 5.41) is 13.0. The smallest absolute Gasteiger partial charge is 0.257 e. The van der Waals surface area contributed by atoms with Crippen LogP contribution in [-0.2, 0) is 0 Å². The van der Waals surface area contributed by atoms with Gasteiger partial charge in [-0.2, -0.15) is 0 Å².